The van der Waals surface area contributed by atoms with Crippen molar-refractivity contribution >= 4 is 21.6 Å². The summed E-state index contributed by atoms with van der Waals surface area (Å²) < 4.78 is 28.4. The fourth-order valence-corrected chi connectivity index (χ4v) is 3.83. The Hall–Kier alpha value is -0.520. The van der Waals surface area contributed by atoms with E-state index in [9.17, 15) is 8.42 Å². The molecule has 0 aliphatic heterocycles. The normalized spacial score (nSPS) is 16.5. The maximum Gasteiger partial charge on any atom is 0.244 e. The second-order valence-corrected chi connectivity index (χ2v) is 7.93. The molecule has 0 saturated heterocycles. The van der Waals surface area contributed by atoms with Crippen LogP contribution in [0.1, 0.15) is 38.4 Å². The monoisotopic (exact) mass is 304 g/mol. The summed E-state index contributed by atoms with van der Waals surface area (Å²) in [5, 5.41) is 0. The second-order valence-electron chi connectivity index (χ2n) is 5.62. The van der Waals surface area contributed by atoms with E-state index in [0.717, 1.165) is 18.5 Å². The quantitative estimate of drug-likeness (QED) is 0.758. The molecule has 1 aliphatic carbocycles. The lowest BCUT2D eigenvalue weighted by molar-refractivity contribution is 0.417. The third-order valence-electron chi connectivity index (χ3n) is 3.31. The highest BCUT2D eigenvalue weighted by Crippen LogP contribution is 2.38. The van der Waals surface area contributed by atoms with Gasteiger partial charge in [0.2, 0.25) is 10.0 Å². The van der Waals surface area contributed by atoms with E-state index in [1.807, 2.05) is 18.4 Å². The minimum atomic E-state index is -3.40. The van der Waals surface area contributed by atoms with E-state index in [1.54, 1.807) is 19.3 Å². The van der Waals surface area contributed by atoms with Crippen molar-refractivity contribution in [1.82, 2.24) is 8.87 Å². The first-order valence-electron chi connectivity index (χ1n) is 6.59. The Morgan fingerprint density at radius 2 is 2.11 bits per heavy atom. The first-order valence-corrected chi connectivity index (χ1v) is 8.56. The number of sulfonamides is 1. The molecule has 1 aromatic rings. The molecule has 4 nitrogen and oxygen atoms in total. The summed E-state index contributed by atoms with van der Waals surface area (Å²) in [6, 6.07) is 2.14. The van der Waals surface area contributed by atoms with Crippen molar-refractivity contribution in [3.05, 3.63) is 18.0 Å². The predicted octanol–water partition coefficient (Wildman–Crippen LogP) is 2.84. The van der Waals surface area contributed by atoms with Gasteiger partial charge in [-0.3, -0.25) is 0 Å². The predicted molar refractivity (Wildman–Crippen MR) is 76.9 cm³/mol. The van der Waals surface area contributed by atoms with Gasteiger partial charge in [-0.05, 0) is 24.8 Å². The molecule has 0 bridgehead atoms. The zero-order valence-electron chi connectivity index (χ0n) is 11.6. The van der Waals surface area contributed by atoms with E-state index in [0.29, 0.717) is 29.3 Å². The smallest absolute Gasteiger partial charge is 0.244 e. The van der Waals surface area contributed by atoms with Crippen LogP contribution in [0.3, 0.4) is 0 Å². The van der Waals surface area contributed by atoms with Crippen molar-refractivity contribution in [2.45, 2.75) is 43.5 Å². The number of hydrogen-bond donors (Lipinski definition) is 0. The van der Waals surface area contributed by atoms with Gasteiger partial charge in [-0.25, -0.2) is 12.7 Å². The highest BCUT2D eigenvalue weighted by Gasteiger charge is 2.29. The average molecular weight is 305 g/mol. The van der Waals surface area contributed by atoms with Gasteiger partial charge in [-0.2, -0.15) is 0 Å². The minimum Gasteiger partial charge on any atom is -0.346 e. The molecule has 0 N–H and O–H groups in total. The van der Waals surface area contributed by atoms with Crippen molar-refractivity contribution in [3.63, 3.8) is 0 Å². The van der Waals surface area contributed by atoms with E-state index >= 15 is 0 Å². The van der Waals surface area contributed by atoms with Crippen LogP contribution in [0.2, 0.25) is 0 Å². The van der Waals surface area contributed by atoms with E-state index in [1.165, 1.54) is 4.31 Å². The van der Waals surface area contributed by atoms with Gasteiger partial charge < -0.3 is 4.57 Å². The molecule has 0 unspecified atom stereocenters. The molecule has 0 spiro atoms. The van der Waals surface area contributed by atoms with Gasteiger partial charge in [0.25, 0.3) is 0 Å². The minimum absolute atomic E-state index is 0.304. The van der Waals surface area contributed by atoms with Crippen molar-refractivity contribution in [2.24, 2.45) is 5.92 Å². The zero-order chi connectivity index (χ0) is 14.2. The van der Waals surface area contributed by atoms with Crippen molar-refractivity contribution < 1.29 is 8.42 Å². The van der Waals surface area contributed by atoms with Gasteiger partial charge in [0, 0.05) is 31.5 Å². The first kappa shape index (κ1) is 14.9. The van der Waals surface area contributed by atoms with Gasteiger partial charge in [0.15, 0.2) is 0 Å². The third kappa shape index (κ3) is 3.15. The van der Waals surface area contributed by atoms with Crippen LogP contribution in [0.4, 0.5) is 0 Å². The molecule has 1 aromatic heterocycles. The summed E-state index contributed by atoms with van der Waals surface area (Å²) in [4.78, 5) is 0.359. The lowest BCUT2D eigenvalue weighted by atomic mass is 10.2. The average Bonchev–Trinajstić information content (AvgIpc) is 3.07. The lowest BCUT2D eigenvalue weighted by Gasteiger charge is -2.18. The van der Waals surface area contributed by atoms with Gasteiger partial charge in [-0.1, -0.05) is 13.8 Å². The lowest BCUT2D eigenvalue weighted by Crippen LogP contribution is -2.30. The number of nitrogens with zero attached hydrogens (tertiary/aromatic N) is 2. The molecule has 0 amide bonds. The molecule has 19 heavy (non-hydrogen) atoms. The largest absolute Gasteiger partial charge is 0.346 e. The first-order chi connectivity index (χ1) is 8.86. The Balaban J connectivity index is 2.29. The van der Waals surface area contributed by atoms with E-state index in [-0.39, 0.29) is 0 Å². The molecule has 6 heteroatoms. The Kier molecular flexibility index (Phi) is 4.28. The van der Waals surface area contributed by atoms with Crippen LogP contribution in [0.5, 0.6) is 0 Å². The standard InChI is InChI=1S/C13H21ClN2O2S/c1-10(2)8-15(3)19(17,18)13-6-12(7-14)16(9-13)11-4-5-11/h6,9-11H,4-5,7-8H2,1-3H3. The molecule has 1 aliphatic rings. The molecule has 0 aromatic carbocycles. The van der Waals surface area contributed by atoms with Gasteiger partial charge in [0.1, 0.15) is 4.90 Å². The van der Waals surface area contributed by atoms with Crippen molar-refractivity contribution in [1.29, 1.82) is 0 Å². The number of hydrogen-bond acceptors (Lipinski definition) is 2. The Labute approximate surface area is 120 Å². The van der Waals surface area contributed by atoms with E-state index in [4.69, 9.17) is 11.6 Å². The van der Waals surface area contributed by atoms with Crippen LogP contribution in [0.15, 0.2) is 17.2 Å². The maximum absolute atomic E-state index is 12.5. The topological polar surface area (TPSA) is 42.3 Å². The highest BCUT2D eigenvalue weighted by atomic mass is 35.5. The Morgan fingerprint density at radius 1 is 1.47 bits per heavy atom. The molecular formula is C13H21ClN2O2S. The van der Waals surface area contributed by atoms with Crippen LogP contribution >= 0.6 is 11.6 Å². The van der Waals surface area contributed by atoms with Crippen LogP contribution in [-0.4, -0.2) is 30.9 Å². The molecule has 2 rings (SSSR count). The summed E-state index contributed by atoms with van der Waals surface area (Å²) in [7, 11) is -1.77. The maximum atomic E-state index is 12.5. The van der Waals surface area contributed by atoms with E-state index < -0.39 is 10.0 Å². The van der Waals surface area contributed by atoms with E-state index in [2.05, 4.69) is 0 Å². The molecule has 1 saturated carbocycles. The van der Waals surface area contributed by atoms with Crippen LogP contribution in [0, 0.1) is 5.92 Å². The Morgan fingerprint density at radius 3 is 2.58 bits per heavy atom. The van der Waals surface area contributed by atoms with Gasteiger partial charge >= 0.3 is 0 Å². The fraction of sp³-hybridized carbons (Fsp3) is 0.692. The Bertz CT molecular complexity index is 547. The molecule has 0 radical (unpaired) electrons. The fourth-order valence-electron chi connectivity index (χ4n) is 2.23. The van der Waals surface area contributed by atoms with Crippen molar-refractivity contribution in [3.8, 4) is 0 Å². The molecule has 108 valence electrons. The highest BCUT2D eigenvalue weighted by molar-refractivity contribution is 7.89. The summed E-state index contributed by atoms with van der Waals surface area (Å²) in [6.07, 6.45) is 3.96. The second kappa shape index (κ2) is 5.46. The summed E-state index contributed by atoms with van der Waals surface area (Å²) in [6.45, 7) is 4.53. The van der Waals surface area contributed by atoms with Crippen LogP contribution in [0.25, 0.3) is 0 Å². The molecule has 0 atom stereocenters. The zero-order valence-corrected chi connectivity index (χ0v) is 13.2. The van der Waals surface area contributed by atoms with Crippen LogP contribution < -0.4 is 0 Å². The molecule has 1 fully saturated rings. The number of rotatable bonds is 6. The summed E-state index contributed by atoms with van der Waals surface area (Å²) in [5.74, 6) is 0.651. The van der Waals surface area contributed by atoms with Gasteiger partial charge in [-0.15, -0.1) is 11.6 Å². The summed E-state index contributed by atoms with van der Waals surface area (Å²) in [5.41, 5.74) is 0.890. The molecule has 1 heterocycles. The van der Waals surface area contributed by atoms with Crippen LogP contribution in [-0.2, 0) is 15.9 Å². The number of halogens is 1. The number of aromatic nitrogens is 1. The summed E-state index contributed by atoms with van der Waals surface area (Å²) >= 11 is 5.90. The molecular weight excluding hydrogens is 284 g/mol. The number of alkyl halides is 1. The SMILES string of the molecule is CC(C)CN(C)S(=O)(=O)c1cc(CCl)n(C2CC2)c1. The van der Waals surface area contributed by atoms with Crippen molar-refractivity contribution in [2.75, 3.05) is 13.6 Å². The third-order valence-corrected chi connectivity index (χ3v) is 5.38. The van der Waals surface area contributed by atoms with Gasteiger partial charge in [0.05, 0.1) is 5.88 Å².